The maximum absolute atomic E-state index is 6.80. The SMILES string of the molecule is NC1(Cc2cccs2)CCCc2c1[nH]c1ccccc21. The van der Waals surface area contributed by atoms with Gasteiger partial charge in [-0.15, -0.1) is 11.3 Å². The Bertz CT molecular complexity index is 742. The summed E-state index contributed by atoms with van der Waals surface area (Å²) in [5, 5.41) is 3.48. The van der Waals surface area contributed by atoms with E-state index >= 15 is 0 Å². The minimum atomic E-state index is -0.239. The molecule has 1 aliphatic rings. The Morgan fingerprint density at radius 2 is 2.10 bits per heavy atom. The molecular weight excluding hydrogens is 264 g/mol. The number of aryl methyl sites for hydroxylation is 1. The van der Waals surface area contributed by atoms with Crippen molar-refractivity contribution in [2.45, 2.75) is 31.2 Å². The van der Waals surface area contributed by atoms with Crippen molar-refractivity contribution < 1.29 is 0 Å². The number of nitrogens with two attached hydrogens (primary N) is 1. The molecule has 0 amide bonds. The first-order chi connectivity index (χ1) is 9.76. The number of aromatic amines is 1. The Hall–Kier alpha value is -1.58. The van der Waals surface area contributed by atoms with Crippen LogP contribution in [-0.2, 0) is 18.4 Å². The molecule has 3 aromatic rings. The van der Waals surface area contributed by atoms with Gasteiger partial charge in [-0.2, -0.15) is 0 Å². The summed E-state index contributed by atoms with van der Waals surface area (Å²) in [6, 6.07) is 12.9. The zero-order valence-corrected chi connectivity index (χ0v) is 12.2. The summed E-state index contributed by atoms with van der Waals surface area (Å²) in [5.74, 6) is 0. The zero-order chi connectivity index (χ0) is 13.6. The Morgan fingerprint density at radius 3 is 2.95 bits per heavy atom. The van der Waals surface area contributed by atoms with Gasteiger partial charge in [-0.3, -0.25) is 0 Å². The number of para-hydroxylation sites is 1. The van der Waals surface area contributed by atoms with Crippen molar-refractivity contribution in [3.05, 3.63) is 57.9 Å². The third-order valence-corrected chi connectivity index (χ3v) is 5.31. The molecule has 0 saturated heterocycles. The third kappa shape index (κ3) is 1.81. The molecular formula is C17H18N2S. The maximum Gasteiger partial charge on any atom is 0.0613 e. The Balaban J connectivity index is 1.85. The fraction of sp³-hybridized carbons (Fsp3) is 0.294. The van der Waals surface area contributed by atoms with Crippen molar-refractivity contribution in [2.24, 2.45) is 5.73 Å². The van der Waals surface area contributed by atoms with E-state index in [4.69, 9.17) is 5.73 Å². The van der Waals surface area contributed by atoms with Crippen LogP contribution in [0.1, 0.15) is 29.0 Å². The van der Waals surface area contributed by atoms with Crippen LogP contribution in [0.2, 0.25) is 0 Å². The van der Waals surface area contributed by atoms with Crippen molar-refractivity contribution in [1.29, 1.82) is 0 Å². The molecule has 0 aliphatic heterocycles. The molecule has 2 heterocycles. The highest BCUT2D eigenvalue weighted by Crippen LogP contribution is 2.39. The van der Waals surface area contributed by atoms with Crippen LogP contribution in [0.15, 0.2) is 41.8 Å². The van der Waals surface area contributed by atoms with Crippen molar-refractivity contribution in [3.8, 4) is 0 Å². The monoisotopic (exact) mass is 282 g/mol. The summed E-state index contributed by atoms with van der Waals surface area (Å²) < 4.78 is 0. The largest absolute Gasteiger partial charge is 0.357 e. The molecule has 1 aliphatic carbocycles. The fourth-order valence-electron chi connectivity index (χ4n) is 3.49. The van der Waals surface area contributed by atoms with Gasteiger partial charge in [0, 0.05) is 27.9 Å². The van der Waals surface area contributed by atoms with E-state index in [9.17, 15) is 0 Å². The van der Waals surface area contributed by atoms with Crippen LogP contribution in [-0.4, -0.2) is 4.98 Å². The maximum atomic E-state index is 6.80. The highest BCUT2D eigenvalue weighted by atomic mass is 32.1. The second-order valence-corrected chi connectivity index (χ2v) is 6.82. The fourth-order valence-corrected chi connectivity index (χ4v) is 4.32. The quantitative estimate of drug-likeness (QED) is 0.734. The Labute approximate surface area is 122 Å². The van der Waals surface area contributed by atoms with Gasteiger partial charge in [0.2, 0.25) is 0 Å². The number of H-pyrrole nitrogens is 1. The van der Waals surface area contributed by atoms with Gasteiger partial charge >= 0.3 is 0 Å². The van der Waals surface area contributed by atoms with Crippen molar-refractivity contribution >= 4 is 22.2 Å². The van der Waals surface area contributed by atoms with Crippen LogP contribution in [0.3, 0.4) is 0 Å². The van der Waals surface area contributed by atoms with E-state index in [1.54, 1.807) is 11.3 Å². The van der Waals surface area contributed by atoms with E-state index in [1.807, 2.05) is 0 Å². The smallest absolute Gasteiger partial charge is 0.0613 e. The predicted octanol–water partition coefficient (Wildman–Crippen LogP) is 3.96. The molecule has 0 radical (unpaired) electrons. The molecule has 1 atom stereocenters. The standard InChI is InChI=1S/C17H18N2S/c18-17(11-12-5-4-10-20-12)9-3-7-14-13-6-1-2-8-15(13)19-16(14)17/h1-2,4-6,8,10,19H,3,7,9,11,18H2. The third-order valence-electron chi connectivity index (χ3n) is 4.43. The van der Waals surface area contributed by atoms with Crippen LogP contribution >= 0.6 is 11.3 Å². The molecule has 0 saturated carbocycles. The lowest BCUT2D eigenvalue weighted by Gasteiger charge is -2.33. The number of nitrogens with one attached hydrogen (secondary N) is 1. The van der Waals surface area contributed by atoms with Gasteiger partial charge in [0.25, 0.3) is 0 Å². The van der Waals surface area contributed by atoms with Crippen LogP contribution in [0.25, 0.3) is 10.9 Å². The first kappa shape index (κ1) is 12.2. The van der Waals surface area contributed by atoms with Gasteiger partial charge in [-0.25, -0.2) is 0 Å². The normalized spacial score (nSPS) is 22.1. The first-order valence-corrected chi connectivity index (χ1v) is 8.06. The first-order valence-electron chi connectivity index (χ1n) is 7.18. The van der Waals surface area contributed by atoms with Gasteiger partial charge in [0.15, 0.2) is 0 Å². The number of rotatable bonds is 2. The lowest BCUT2D eigenvalue weighted by atomic mass is 9.78. The van der Waals surface area contributed by atoms with E-state index in [2.05, 4.69) is 46.8 Å². The summed E-state index contributed by atoms with van der Waals surface area (Å²) >= 11 is 1.80. The van der Waals surface area contributed by atoms with Crippen LogP contribution < -0.4 is 5.73 Å². The predicted molar refractivity (Wildman–Crippen MR) is 85.1 cm³/mol. The van der Waals surface area contributed by atoms with E-state index in [0.29, 0.717) is 0 Å². The minimum absolute atomic E-state index is 0.239. The number of hydrogen-bond donors (Lipinski definition) is 2. The van der Waals surface area contributed by atoms with Crippen LogP contribution in [0, 0.1) is 0 Å². The van der Waals surface area contributed by atoms with Crippen molar-refractivity contribution in [1.82, 2.24) is 4.98 Å². The molecule has 1 unspecified atom stereocenters. The zero-order valence-electron chi connectivity index (χ0n) is 11.4. The number of fused-ring (bicyclic) bond motifs is 3. The summed E-state index contributed by atoms with van der Waals surface area (Å²) in [6.45, 7) is 0. The molecule has 2 aromatic heterocycles. The average Bonchev–Trinajstić information content (AvgIpc) is 3.07. The summed E-state index contributed by atoms with van der Waals surface area (Å²) in [6.07, 6.45) is 4.31. The lowest BCUT2D eigenvalue weighted by Crippen LogP contribution is -2.42. The minimum Gasteiger partial charge on any atom is -0.357 e. The van der Waals surface area contributed by atoms with Gasteiger partial charge in [0.1, 0.15) is 0 Å². The summed E-state index contributed by atoms with van der Waals surface area (Å²) in [5.41, 5.74) is 10.5. The number of benzene rings is 1. The summed E-state index contributed by atoms with van der Waals surface area (Å²) in [4.78, 5) is 4.97. The number of thiophene rings is 1. The van der Waals surface area contributed by atoms with Crippen LogP contribution in [0.5, 0.6) is 0 Å². The van der Waals surface area contributed by atoms with Crippen LogP contribution in [0.4, 0.5) is 0 Å². The lowest BCUT2D eigenvalue weighted by molar-refractivity contribution is 0.364. The number of aromatic nitrogens is 1. The van der Waals surface area contributed by atoms with Gasteiger partial charge in [0.05, 0.1) is 5.54 Å². The molecule has 20 heavy (non-hydrogen) atoms. The molecule has 102 valence electrons. The van der Waals surface area contributed by atoms with E-state index < -0.39 is 0 Å². The summed E-state index contributed by atoms with van der Waals surface area (Å²) in [7, 11) is 0. The second-order valence-electron chi connectivity index (χ2n) is 5.79. The molecule has 1 aromatic carbocycles. The van der Waals surface area contributed by atoms with Gasteiger partial charge in [-0.05, 0) is 42.3 Å². The molecule has 0 bridgehead atoms. The van der Waals surface area contributed by atoms with E-state index in [1.165, 1.54) is 33.5 Å². The Kier molecular flexibility index (Phi) is 2.72. The molecule has 0 spiro atoms. The molecule has 3 heteroatoms. The van der Waals surface area contributed by atoms with Crippen molar-refractivity contribution in [2.75, 3.05) is 0 Å². The van der Waals surface area contributed by atoms with Gasteiger partial charge in [-0.1, -0.05) is 24.3 Å². The van der Waals surface area contributed by atoms with Gasteiger partial charge < -0.3 is 10.7 Å². The highest BCUT2D eigenvalue weighted by molar-refractivity contribution is 7.09. The number of hydrogen-bond acceptors (Lipinski definition) is 2. The van der Waals surface area contributed by atoms with E-state index in [-0.39, 0.29) is 5.54 Å². The average molecular weight is 282 g/mol. The molecule has 0 fully saturated rings. The second kappa shape index (κ2) is 4.47. The molecule has 4 rings (SSSR count). The molecule has 3 N–H and O–H groups in total. The van der Waals surface area contributed by atoms with E-state index in [0.717, 1.165) is 19.3 Å². The Morgan fingerprint density at radius 1 is 1.20 bits per heavy atom. The molecule has 2 nitrogen and oxygen atoms in total. The highest BCUT2D eigenvalue weighted by Gasteiger charge is 2.35. The van der Waals surface area contributed by atoms with Crippen molar-refractivity contribution in [3.63, 3.8) is 0 Å². The topological polar surface area (TPSA) is 41.8 Å².